The lowest BCUT2D eigenvalue weighted by Gasteiger charge is -2.28. The van der Waals surface area contributed by atoms with Crippen LogP contribution >= 0.6 is 11.3 Å². The summed E-state index contributed by atoms with van der Waals surface area (Å²) in [4.78, 5) is 19.0. The Morgan fingerprint density at radius 3 is 2.84 bits per heavy atom. The number of rotatable bonds is 4. The molecule has 1 saturated carbocycles. The van der Waals surface area contributed by atoms with E-state index in [0.29, 0.717) is 4.88 Å². The summed E-state index contributed by atoms with van der Waals surface area (Å²) in [6.07, 6.45) is 4.18. The molecule has 0 bridgehead atoms. The predicted molar refractivity (Wildman–Crippen MR) is 73.6 cm³/mol. The molecule has 1 aliphatic carbocycles. The van der Waals surface area contributed by atoms with Crippen LogP contribution in [-0.4, -0.2) is 39.4 Å². The van der Waals surface area contributed by atoms with E-state index in [1.165, 1.54) is 11.3 Å². The van der Waals surface area contributed by atoms with E-state index in [0.717, 1.165) is 31.4 Å². The number of hydrogen-bond donors (Lipinski definition) is 2. The van der Waals surface area contributed by atoms with Crippen LogP contribution in [0.25, 0.3) is 0 Å². The molecule has 2 rings (SSSR count). The van der Waals surface area contributed by atoms with E-state index in [1.807, 2.05) is 6.92 Å². The summed E-state index contributed by atoms with van der Waals surface area (Å²) in [5, 5.41) is 11.7. The van der Waals surface area contributed by atoms with Crippen molar-refractivity contribution in [1.29, 1.82) is 0 Å². The summed E-state index contributed by atoms with van der Waals surface area (Å²) in [6.45, 7) is 1.98. The van der Waals surface area contributed by atoms with Crippen LogP contribution in [0.1, 0.15) is 41.0 Å². The van der Waals surface area contributed by atoms with Gasteiger partial charge in [0.05, 0.1) is 17.7 Å². The van der Waals surface area contributed by atoms with Crippen molar-refractivity contribution < 1.29 is 10.0 Å². The van der Waals surface area contributed by atoms with Crippen LogP contribution in [0, 0.1) is 6.92 Å². The highest BCUT2D eigenvalue weighted by molar-refractivity contribution is 7.11. The lowest BCUT2D eigenvalue weighted by molar-refractivity contribution is 0.0716. The van der Waals surface area contributed by atoms with Crippen LogP contribution in [0.3, 0.4) is 0 Å². The third-order valence-corrected chi connectivity index (χ3v) is 4.34. The van der Waals surface area contributed by atoms with Crippen molar-refractivity contribution in [3.8, 4) is 0 Å². The van der Waals surface area contributed by atoms with Gasteiger partial charge in [0.2, 0.25) is 0 Å². The molecule has 0 spiro atoms. The van der Waals surface area contributed by atoms with Gasteiger partial charge in [-0.1, -0.05) is 18.0 Å². The number of thiazole rings is 1. The van der Waals surface area contributed by atoms with Gasteiger partial charge in [0.25, 0.3) is 5.91 Å². The number of carbonyl (C=O) groups excluding carboxylic acids is 1. The van der Waals surface area contributed by atoms with Crippen molar-refractivity contribution >= 4 is 23.1 Å². The largest absolute Gasteiger partial charge is 0.409 e. The SMILES string of the molecule is Cc1ncsc1C(=O)N(CC(N)=NO)C1CCCC1. The van der Waals surface area contributed by atoms with E-state index in [9.17, 15) is 4.79 Å². The zero-order valence-electron chi connectivity index (χ0n) is 10.9. The van der Waals surface area contributed by atoms with Crippen LogP contribution in [-0.2, 0) is 0 Å². The molecule has 7 heteroatoms. The number of hydrogen-bond acceptors (Lipinski definition) is 5. The fraction of sp³-hybridized carbons (Fsp3) is 0.583. The molecule has 0 radical (unpaired) electrons. The molecule has 1 aliphatic rings. The molecule has 0 aromatic carbocycles. The number of nitrogens with zero attached hydrogens (tertiary/aromatic N) is 3. The molecule has 19 heavy (non-hydrogen) atoms. The van der Waals surface area contributed by atoms with Gasteiger partial charge in [-0.3, -0.25) is 4.79 Å². The Balaban J connectivity index is 2.21. The van der Waals surface area contributed by atoms with Crippen LogP contribution in [0.4, 0.5) is 0 Å². The second-order valence-corrected chi connectivity index (χ2v) is 5.58. The molecule has 0 saturated heterocycles. The Bertz CT molecular complexity index is 480. The normalized spacial score (nSPS) is 16.8. The first-order valence-electron chi connectivity index (χ1n) is 6.31. The maximum Gasteiger partial charge on any atom is 0.266 e. The molecular weight excluding hydrogens is 264 g/mol. The van der Waals surface area contributed by atoms with Crippen LogP contribution in [0.5, 0.6) is 0 Å². The van der Waals surface area contributed by atoms with E-state index < -0.39 is 0 Å². The quantitative estimate of drug-likeness (QED) is 0.379. The number of nitrogens with two attached hydrogens (primary N) is 1. The maximum absolute atomic E-state index is 12.6. The molecule has 1 amide bonds. The Hall–Kier alpha value is -1.63. The molecule has 1 heterocycles. The van der Waals surface area contributed by atoms with Gasteiger partial charge in [0.15, 0.2) is 5.84 Å². The zero-order valence-corrected chi connectivity index (χ0v) is 11.7. The van der Waals surface area contributed by atoms with Crippen molar-refractivity contribution in [2.75, 3.05) is 6.54 Å². The molecule has 0 atom stereocenters. The van der Waals surface area contributed by atoms with Gasteiger partial charge in [-0.2, -0.15) is 0 Å². The molecule has 1 aromatic rings. The zero-order chi connectivity index (χ0) is 13.8. The average Bonchev–Trinajstić information content (AvgIpc) is 3.05. The first-order chi connectivity index (χ1) is 9.13. The molecule has 1 fully saturated rings. The number of carbonyl (C=O) groups is 1. The molecule has 104 valence electrons. The van der Waals surface area contributed by atoms with Crippen LogP contribution in [0.2, 0.25) is 0 Å². The smallest absolute Gasteiger partial charge is 0.266 e. The number of aryl methyl sites for hydroxylation is 1. The molecule has 6 nitrogen and oxygen atoms in total. The van der Waals surface area contributed by atoms with Gasteiger partial charge in [0.1, 0.15) is 4.88 Å². The fourth-order valence-electron chi connectivity index (χ4n) is 2.43. The molecule has 0 unspecified atom stereocenters. The lowest BCUT2D eigenvalue weighted by atomic mass is 10.2. The summed E-state index contributed by atoms with van der Waals surface area (Å²) in [5.41, 5.74) is 7.96. The minimum absolute atomic E-state index is 0.0578. The van der Waals surface area contributed by atoms with Crippen LogP contribution < -0.4 is 5.73 Å². The Morgan fingerprint density at radius 1 is 1.63 bits per heavy atom. The number of amides is 1. The van der Waals surface area contributed by atoms with E-state index in [1.54, 1.807) is 10.4 Å². The summed E-state index contributed by atoms with van der Waals surface area (Å²) >= 11 is 1.33. The maximum atomic E-state index is 12.6. The van der Waals surface area contributed by atoms with E-state index in [-0.39, 0.29) is 24.3 Å². The highest BCUT2D eigenvalue weighted by atomic mass is 32.1. The molecule has 1 aromatic heterocycles. The Labute approximate surface area is 115 Å². The number of aromatic nitrogens is 1. The second kappa shape index (κ2) is 6.01. The molecular formula is C12H18N4O2S. The van der Waals surface area contributed by atoms with Gasteiger partial charge in [-0.05, 0) is 19.8 Å². The standard InChI is InChI=1S/C12H18N4O2S/c1-8-11(19-7-14-8)12(17)16(6-10(13)15-18)9-4-2-3-5-9/h7,9,18H,2-6H2,1H3,(H2,13,15). The van der Waals surface area contributed by atoms with E-state index in [2.05, 4.69) is 10.1 Å². The first-order valence-corrected chi connectivity index (χ1v) is 7.19. The van der Waals surface area contributed by atoms with Gasteiger partial charge in [-0.25, -0.2) is 4.98 Å². The van der Waals surface area contributed by atoms with Gasteiger partial charge in [0, 0.05) is 6.04 Å². The predicted octanol–water partition coefficient (Wildman–Crippen LogP) is 1.58. The van der Waals surface area contributed by atoms with Gasteiger partial charge in [-0.15, -0.1) is 11.3 Å². The Kier molecular flexibility index (Phi) is 4.36. The summed E-state index contributed by atoms with van der Waals surface area (Å²) in [7, 11) is 0. The average molecular weight is 282 g/mol. The molecule has 0 aliphatic heterocycles. The summed E-state index contributed by atoms with van der Waals surface area (Å²) in [6, 6.07) is 0.175. The highest BCUT2D eigenvalue weighted by Crippen LogP contribution is 2.26. The summed E-state index contributed by atoms with van der Waals surface area (Å²) in [5.74, 6) is -0.0130. The number of oxime groups is 1. The summed E-state index contributed by atoms with van der Waals surface area (Å²) < 4.78 is 0. The van der Waals surface area contributed by atoms with Gasteiger partial charge >= 0.3 is 0 Å². The minimum atomic E-state index is -0.0708. The van der Waals surface area contributed by atoms with Crippen molar-refractivity contribution in [3.63, 3.8) is 0 Å². The lowest BCUT2D eigenvalue weighted by Crippen LogP contribution is -2.44. The third-order valence-electron chi connectivity index (χ3n) is 3.43. The topological polar surface area (TPSA) is 91.8 Å². The van der Waals surface area contributed by atoms with Crippen LogP contribution in [0.15, 0.2) is 10.7 Å². The fourth-order valence-corrected chi connectivity index (χ4v) is 3.18. The van der Waals surface area contributed by atoms with Crippen molar-refractivity contribution in [3.05, 3.63) is 16.1 Å². The first kappa shape index (κ1) is 13.8. The monoisotopic (exact) mass is 282 g/mol. The Morgan fingerprint density at radius 2 is 2.32 bits per heavy atom. The van der Waals surface area contributed by atoms with E-state index in [4.69, 9.17) is 10.9 Å². The number of amidine groups is 1. The second-order valence-electron chi connectivity index (χ2n) is 4.73. The van der Waals surface area contributed by atoms with E-state index >= 15 is 0 Å². The molecule has 3 N–H and O–H groups in total. The highest BCUT2D eigenvalue weighted by Gasteiger charge is 2.29. The van der Waals surface area contributed by atoms with Gasteiger partial charge < -0.3 is 15.8 Å². The third kappa shape index (κ3) is 3.04. The minimum Gasteiger partial charge on any atom is -0.409 e. The van der Waals surface area contributed by atoms with Crippen molar-refractivity contribution in [1.82, 2.24) is 9.88 Å². The van der Waals surface area contributed by atoms with Crippen molar-refractivity contribution in [2.24, 2.45) is 10.9 Å². The van der Waals surface area contributed by atoms with Crippen molar-refractivity contribution in [2.45, 2.75) is 38.6 Å².